The lowest BCUT2D eigenvalue weighted by atomic mass is 9.96. The van der Waals surface area contributed by atoms with Gasteiger partial charge in [-0.05, 0) is 38.5 Å². The Morgan fingerprint density at radius 3 is 2.71 bits per heavy atom. The van der Waals surface area contributed by atoms with Gasteiger partial charge in [0, 0.05) is 38.1 Å². The zero-order valence-electron chi connectivity index (χ0n) is 14.3. The van der Waals surface area contributed by atoms with Crippen molar-refractivity contribution < 1.29 is 9.53 Å². The summed E-state index contributed by atoms with van der Waals surface area (Å²) in [6.07, 6.45) is 6.19. The fourth-order valence-electron chi connectivity index (χ4n) is 3.69. The molecule has 1 atom stereocenters. The smallest absolute Gasteiger partial charge is 0.346 e. The van der Waals surface area contributed by atoms with Gasteiger partial charge in [-0.1, -0.05) is 0 Å². The number of nitrogens with zero attached hydrogens (tertiary/aromatic N) is 4. The van der Waals surface area contributed by atoms with E-state index >= 15 is 0 Å². The highest BCUT2D eigenvalue weighted by atomic mass is 16.5. The van der Waals surface area contributed by atoms with Gasteiger partial charge in [-0.15, -0.1) is 0 Å². The number of methoxy groups -OCH3 is 1. The number of amides is 1. The lowest BCUT2D eigenvalue weighted by Gasteiger charge is -2.32. The van der Waals surface area contributed by atoms with Crippen LogP contribution >= 0.6 is 0 Å². The van der Waals surface area contributed by atoms with Crippen molar-refractivity contribution in [1.29, 1.82) is 0 Å². The molecule has 1 aliphatic heterocycles. The normalized spacial score (nSPS) is 24.4. The Balaban J connectivity index is 1.57. The summed E-state index contributed by atoms with van der Waals surface area (Å²) in [4.78, 5) is 27.1. The average molecular weight is 334 g/mol. The third-order valence-electron chi connectivity index (χ3n) is 5.34. The highest BCUT2D eigenvalue weighted by molar-refractivity contribution is 5.81. The lowest BCUT2D eigenvalue weighted by molar-refractivity contribution is -0.133. The molecular formula is C17H26N4O3. The molecule has 4 rings (SSSR count). The molecule has 7 heteroatoms. The van der Waals surface area contributed by atoms with Gasteiger partial charge in [-0.3, -0.25) is 9.36 Å². The average Bonchev–Trinajstić information content (AvgIpc) is 3.51. The van der Waals surface area contributed by atoms with E-state index in [1.165, 1.54) is 0 Å². The van der Waals surface area contributed by atoms with E-state index in [1.807, 2.05) is 9.47 Å². The van der Waals surface area contributed by atoms with E-state index < -0.39 is 0 Å². The van der Waals surface area contributed by atoms with E-state index in [-0.39, 0.29) is 17.5 Å². The largest absolute Gasteiger partial charge is 0.383 e. The molecule has 2 heterocycles. The van der Waals surface area contributed by atoms with Crippen molar-refractivity contribution in [2.75, 3.05) is 26.8 Å². The molecule has 0 bridgehead atoms. The Kier molecular flexibility index (Phi) is 4.20. The minimum Gasteiger partial charge on any atom is -0.383 e. The Morgan fingerprint density at radius 2 is 2.04 bits per heavy atom. The number of aromatic nitrogens is 3. The molecule has 2 aliphatic carbocycles. The molecule has 0 aromatic carbocycles. The maximum atomic E-state index is 12.7. The van der Waals surface area contributed by atoms with Crippen molar-refractivity contribution >= 4 is 5.91 Å². The van der Waals surface area contributed by atoms with Crippen LogP contribution in [0.4, 0.5) is 0 Å². The van der Waals surface area contributed by atoms with Crippen molar-refractivity contribution in [3.8, 4) is 0 Å². The molecule has 24 heavy (non-hydrogen) atoms. The summed E-state index contributed by atoms with van der Waals surface area (Å²) in [6.45, 7) is 2.53. The predicted octanol–water partition coefficient (Wildman–Crippen LogP) is 1.14. The van der Waals surface area contributed by atoms with Gasteiger partial charge in [0.15, 0.2) is 0 Å². The molecule has 3 fully saturated rings. The van der Waals surface area contributed by atoms with E-state index in [0.717, 1.165) is 50.9 Å². The van der Waals surface area contributed by atoms with Crippen LogP contribution in [0.5, 0.6) is 0 Å². The first kappa shape index (κ1) is 15.9. The van der Waals surface area contributed by atoms with Crippen LogP contribution in [-0.4, -0.2) is 52.0 Å². The van der Waals surface area contributed by atoms with E-state index in [1.54, 1.807) is 11.8 Å². The number of carbonyl (C=O) groups excluding carboxylic acids is 1. The van der Waals surface area contributed by atoms with Crippen molar-refractivity contribution in [1.82, 2.24) is 19.2 Å². The van der Waals surface area contributed by atoms with Crippen LogP contribution in [0.1, 0.15) is 56.3 Å². The molecule has 2 saturated carbocycles. The molecule has 0 N–H and O–H groups in total. The second kappa shape index (κ2) is 6.35. The standard InChI is InChI=1S/C17H26N4O3/c1-24-10-9-20-17(23)21(14-6-7-14)15(18-20)13-3-2-8-19(11-13)16(22)12-4-5-12/h12-14H,2-11H2,1H3. The first-order valence-electron chi connectivity index (χ1n) is 9.16. The minimum atomic E-state index is -0.0183. The van der Waals surface area contributed by atoms with Crippen LogP contribution in [0.15, 0.2) is 4.79 Å². The van der Waals surface area contributed by atoms with Crippen molar-refractivity contribution in [3.05, 3.63) is 16.3 Å². The topological polar surface area (TPSA) is 69.4 Å². The summed E-state index contributed by atoms with van der Waals surface area (Å²) in [7, 11) is 1.63. The molecule has 132 valence electrons. The molecule has 3 aliphatic rings. The Morgan fingerprint density at radius 1 is 1.25 bits per heavy atom. The Bertz CT molecular complexity index is 672. The summed E-state index contributed by atoms with van der Waals surface area (Å²) in [5.74, 6) is 1.62. The number of ether oxygens (including phenoxy) is 1. The summed E-state index contributed by atoms with van der Waals surface area (Å²) in [5, 5.41) is 4.64. The Labute approximate surface area is 141 Å². The monoisotopic (exact) mass is 334 g/mol. The van der Waals surface area contributed by atoms with Crippen LogP contribution < -0.4 is 5.69 Å². The summed E-state index contributed by atoms with van der Waals surface area (Å²) in [6, 6.07) is 0.304. The summed E-state index contributed by atoms with van der Waals surface area (Å²) in [5.41, 5.74) is -0.0183. The van der Waals surface area contributed by atoms with E-state index in [0.29, 0.717) is 31.6 Å². The summed E-state index contributed by atoms with van der Waals surface area (Å²) >= 11 is 0. The van der Waals surface area contributed by atoms with Crippen molar-refractivity contribution in [3.63, 3.8) is 0 Å². The number of carbonyl (C=O) groups is 1. The van der Waals surface area contributed by atoms with Crippen molar-refractivity contribution in [2.45, 2.75) is 57.0 Å². The second-order valence-electron chi connectivity index (χ2n) is 7.36. The van der Waals surface area contributed by atoms with Crippen LogP contribution in [0.25, 0.3) is 0 Å². The van der Waals surface area contributed by atoms with E-state index in [9.17, 15) is 9.59 Å². The molecule has 1 aromatic rings. The maximum absolute atomic E-state index is 12.7. The predicted molar refractivity (Wildman–Crippen MR) is 87.9 cm³/mol. The number of likely N-dealkylation sites (tertiary alicyclic amines) is 1. The molecule has 0 spiro atoms. The highest BCUT2D eigenvalue weighted by Crippen LogP contribution is 2.38. The number of hydrogen-bond acceptors (Lipinski definition) is 4. The van der Waals surface area contributed by atoms with E-state index in [4.69, 9.17) is 4.74 Å². The zero-order valence-corrected chi connectivity index (χ0v) is 14.3. The number of rotatable bonds is 6. The third kappa shape index (κ3) is 3.01. The van der Waals surface area contributed by atoms with Gasteiger partial charge >= 0.3 is 5.69 Å². The van der Waals surface area contributed by atoms with Crippen LogP contribution in [-0.2, 0) is 16.1 Å². The second-order valence-corrected chi connectivity index (χ2v) is 7.36. The number of hydrogen-bond donors (Lipinski definition) is 0. The third-order valence-corrected chi connectivity index (χ3v) is 5.34. The van der Waals surface area contributed by atoms with Gasteiger partial charge in [0.1, 0.15) is 5.82 Å². The fraction of sp³-hybridized carbons (Fsp3) is 0.824. The summed E-state index contributed by atoms with van der Waals surface area (Å²) < 4.78 is 8.53. The quantitative estimate of drug-likeness (QED) is 0.782. The highest BCUT2D eigenvalue weighted by Gasteiger charge is 2.38. The Hall–Kier alpha value is -1.63. The van der Waals surface area contributed by atoms with Gasteiger partial charge in [0.2, 0.25) is 5.91 Å². The molecule has 1 saturated heterocycles. The van der Waals surface area contributed by atoms with Gasteiger partial charge in [0.25, 0.3) is 0 Å². The SMILES string of the molecule is COCCn1nc(C2CCCN(C(=O)C3CC3)C2)n(C2CC2)c1=O. The number of piperidine rings is 1. The van der Waals surface area contributed by atoms with Crippen LogP contribution in [0, 0.1) is 5.92 Å². The molecule has 7 nitrogen and oxygen atoms in total. The fourth-order valence-corrected chi connectivity index (χ4v) is 3.69. The molecule has 1 amide bonds. The van der Waals surface area contributed by atoms with Crippen molar-refractivity contribution in [2.24, 2.45) is 5.92 Å². The van der Waals surface area contributed by atoms with Crippen LogP contribution in [0.2, 0.25) is 0 Å². The minimum absolute atomic E-state index is 0.0183. The van der Waals surface area contributed by atoms with Gasteiger partial charge < -0.3 is 9.64 Å². The molecule has 1 unspecified atom stereocenters. The van der Waals surface area contributed by atoms with Gasteiger partial charge in [-0.2, -0.15) is 5.10 Å². The molecule has 0 radical (unpaired) electrons. The van der Waals surface area contributed by atoms with Crippen LogP contribution in [0.3, 0.4) is 0 Å². The zero-order chi connectivity index (χ0) is 16.7. The first-order chi connectivity index (χ1) is 11.7. The lowest BCUT2D eigenvalue weighted by Crippen LogP contribution is -2.40. The van der Waals surface area contributed by atoms with Gasteiger partial charge in [-0.25, -0.2) is 9.48 Å². The van der Waals surface area contributed by atoms with E-state index in [2.05, 4.69) is 5.10 Å². The first-order valence-corrected chi connectivity index (χ1v) is 9.16. The maximum Gasteiger partial charge on any atom is 0.346 e. The molecule has 1 aromatic heterocycles. The van der Waals surface area contributed by atoms with Gasteiger partial charge in [0.05, 0.1) is 13.2 Å². The molecular weight excluding hydrogens is 308 g/mol.